The summed E-state index contributed by atoms with van der Waals surface area (Å²) in [5.41, 5.74) is 9.07. The van der Waals surface area contributed by atoms with Crippen molar-refractivity contribution in [3.63, 3.8) is 0 Å². The molecule has 3 heterocycles. The van der Waals surface area contributed by atoms with Crippen LogP contribution in [0, 0.1) is 0 Å². The first-order chi connectivity index (χ1) is 13.2. The largest absolute Gasteiger partial charge is 0.375 e. The normalized spacial score (nSPS) is 14.6. The zero-order chi connectivity index (χ0) is 18.6. The molecule has 1 aromatic carbocycles. The van der Waals surface area contributed by atoms with Gasteiger partial charge < -0.3 is 20.4 Å². The number of nitrogens with two attached hydrogens (primary N) is 1. The molecule has 0 aliphatic carbocycles. The van der Waals surface area contributed by atoms with Crippen LogP contribution in [0.2, 0.25) is 0 Å². The average Bonchev–Trinajstić information content (AvgIpc) is 3.28. The molecular weight excluding hydrogens is 362 g/mol. The Balaban J connectivity index is 1.34. The lowest BCUT2D eigenvalue weighted by atomic mass is 10.1. The predicted octanol–water partition coefficient (Wildman–Crippen LogP) is 1.97. The molecule has 7 nitrogen and oxygen atoms in total. The molecule has 0 unspecified atom stereocenters. The predicted molar refractivity (Wildman–Crippen MR) is 104 cm³/mol. The van der Waals surface area contributed by atoms with Crippen molar-refractivity contribution in [1.82, 2.24) is 14.5 Å². The summed E-state index contributed by atoms with van der Waals surface area (Å²) < 4.78 is 7.40. The van der Waals surface area contributed by atoms with Crippen LogP contribution in [0.15, 0.2) is 42.9 Å². The minimum absolute atomic E-state index is 0.250. The minimum Gasteiger partial charge on any atom is -0.375 e. The Morgan fingerprint density at radius 2 is 2.22 bits per heavy atom. The molecular formula is C19H21N5O2S. The Morgan fingerprint density at radius 1 is 1.37 bits per heavy atom. The van der Waals surface area contributed by atoms with E-state index in [4.69, 9.17) is 10.5 Å². The first-order valence-corrected chi connectivity index (χ1v) is 9.66. The third kappa shape index (κ3) is 4.41. The molecule has 8 heteroatoms. The number of imidazole rings is 1. The van der Waals surface area contributed by atoms with Crippen LogP contribution in [0.4, 0.5) is 5.13 Å². The summed E-state index contributed by atoms with van der Waals surface area (Å²) in [7, 11) is 0. The molecule has 0 bridgehead atoms. The second-order valence-electron chi connectivity index (χ2n) is 6.51. The van der Waals surface area contributed by atoms with E-state index in [0.717, 1.165) is 29.2 Å². The second-order valence-corrected chi connectivity index (χ2v) is 7.60. The highest BCUT2D eigenvalue weighted by atomic mass is 32.1. The number of benzene rings is 1. The van der Waals surface area contributed by atoms with E-state index in [0.29, 0.717) is 24.8 Å². The number of rotatable bonds is 6. The number of hydrogen-bond acceptors (Lipinski definition) is 6. The molecule has 0 saturated carbocycles. The highest BCUT2D eigenvalue weighted by Gasteiger charge is 2.20. The van der Waals surface area contributed by atoms with E-state index < -0.39 is 6.04 Å². The molecule has 0 radical (unpaired) electrons. The van der Waals surface area contributed by atoms with E-state index in [9.17, 15) is 4.79 Å². The molecule has 3 N–H and O–H groups in total. The molecule has 4 rings (SSSR count). The maximum Gasteiger partial charge on any atom is 0.243 e. The monoisotopic (exact) mass is 383 g/mol. The molecule has 27 heavy (non-hydrogen) atoms. The van der Waals surface area contributed by atoms with Crippen LogP contribution in [0.3, 0.4) is 0 Å². The zero-order valence-electron chi connectivity index (χ0n) is 14.8. The van der Waals surface area contributed by atoms with E-state index >= 15 is 0 Å². The number of anilines is 1. The molecule has 2 aromatic heterocycles. The molecule has 3 aromatic rings. The lowest BCUT2D eigenvalue weighted by Crippen LogP contribution is -2.37. The van der Waals surface area contributed by atoms with Gasteiger partial charge in [-0.1, -0.05) is 41.7 Å². The molecule has 0 fully saturated rings. The number of amides is 1. The van der Waals surface area contributed by atoms with Crippen LogP contribution in [0.5, 0.6) is 0 Å². The van der Waals surface area contributed by atoms with Crippen LogP contribution in [0.25, 0.3) is 0 Å². The first-order valence-electron chi connectivity index (χ1n) is 8.85. The number of thiazole rings is 1. The summed E-state index contributed by atoms with van der Waals surface area (Å²) in [6.45, 7) is 1.98. The number of ether oxygens (including phenoxy) is 1. The Bertz CT molecular complexity index is 898. The van der Waals surface area contributed by atoms with Gasteiger partial charge in [0.1, 0.15) is 0 Å². The Morgan fingerprint density at radius 3 is 3.04 bits per heavy atom. The maximum atomic E-state index is 12.4. The summed E-state index contributed by atoms with van der Waals surface area (Å²) in [5.74, 6) is -0.250. The van der Waals surface area contributed by atoms with E-state index in [1.807, 2.05) is 29.0 Å². The van der Waals surface area contributed by atoms with Gasteiger partial charge in [0.05, 0.1) is 41.8 Å². The number of nitrogens with zero attached hydrogens (tertiary/aromatic N) is 3. The molecule has 1 aliphatic rings. The molecule has 0 spiro atoms. The fourth-order valence-electron chi connectivity index (χ4n) is 2.99. The van der Waals surface area contributed by atoms with Crippen LogP contribution < -0.4 is 11.1 Å². The summed E-state index contributed by atoms with van der Waals surface area (Å²) >= 11 is 1.45. The lowest BCUT2D eigenvalue weighted by molar-refractivity contribution is -0.117. The van der Waals surface area contributed by atoms with Crippen molar-refractivity contribution in [2.45, 2.75) is 32.0 Å². The number of fused-ring (bicyclic) bond motifs is 1. The summed E-state index contributed by atoms with van der Waals surface area (Å²) in [4.78, 5) is 22.3. The third-order valence-electron chi connectivity index (χ3n) is 4.39. The van der Waals surface area contributed by atoms with Crippen molar-refractivity contribution in [2.24, 2.45) is 5.73 Å². The van der Waals surface area contributed by atoms with E-state index in [-0.39, 0.29) is 5.91 Å². The Hall–Kier alpha value is -2.55. The van der Waals surface area contributed by atoms with E-state index in [2.05, 4.69) is 27.4 Å². The van der Waals surface area contributed by atoms with Crippen molar-refractivity contribution in [3.05, 3.63) is 64.7 Å². The van der Waals surface area contributed by atoms with Gasteiger partial charge in [0.2, 0.25) is 5.91 Å². The van der Waals surface area contributed by atoms with Crippen molar-refractivity contribution in [3.8, 4) is 0 Å². The van der Waals surface area contributed by atoms with Gasteiger partial charge in [-0.25, -0.2) is 9.97 Å². The minimum atomic E-state index is -0.678. The van der Waals surface area contributed by atoms with Gasteiger partial charge in [-0.2, -0.15) is 0 Å². The van der Waals surface area contributed by atoms with Gasteiger partial charge in [0.15, 0.2) is 5.13 Å². The molecule has 0 saturated heterocycles. The van der Waals surface area contributed by atoms with E-state index in [1.165, 1.54) is 16.9 Å². The fourth-order valence-corrected chi connectivity index (χ4v) is 3.94. The van der Waals surface area contributed by atoms with Crippen molar-refractivity contribution in [1.29, 1.82) is 0 Å². The SMILES string of the molecule is N[C@@H](Cc1cn(Cc2ccccc2)cn1)C(=O)Nc1nc2c(s1)COCC2. The second kappa shape index (κ2) is 7.99. The van der Waals surface area contributed by atoms with Crippen LogP contribution in [-0.2, 0) is 35.5 Å². The molecule has 1 aliphatic heterocycles. The number of carbonyl (C=O) groups is 1. The molecule has 1 atom stereocenters. The number of carbonyl (C=O) groups excluding carboxylic acids is 1. The number of aromatic nitrogens is 3. The molecule has 140 valence electrons. The first kappa shape index (κ1) is 17.8. The summed E-state index contributed by atoms with van der Waals surface area (Å²) in [5, 5.41) is 3.40. The Kier molecular flexibility index (Phi) is 5.28. The standard InChI is InChI=1S/C19H21N5O2S/c20-15(18(25)23-19-22-16-6-7-26-11-17(16)27-19)8-14-10-24(12-21-14)9-13-4-2-1-3-5-13/h1-5,10,12,15H,6-9,11,20H2,(H,22,23,25)/t15-/m0/s1. The fraction of sp³-hybridized carbons (Fsp3) is 0.316. The van der Waals surface area contributed by atoms with Gasteiger partial charge in [-0.05, 0) is 5.56 Å². The van der Waals surface area contributed by atoms with Crippen molar-refractivity contribution in [2.75, 3.05) is 11.9 Å². The smallest absolute Gasteiger partial charge is 0.243 e. The highest BCUT2D eigenvalue weighted by Crippen LogP contribution is 2.27. The highest BCUT2D eigenvalue weighted by molar-refractivity contribution is 7.15. The zero-order valence-corrected chi connectivity index (χ0v) is 15.6. The lowest BCUT2D eigenvalue weighted by Gasteiger charge is -2.09. The van der Waals surface area contributed by atoms with Gasteiger partial charge in [-0.15, -0.1) is 0 Å². The van der Waals surface area contributed by atoms with Crippen LogP contribution in [0.1, 0.15) is 21.8 Å². The molecule has 1 amide bonds. The number of hydrogen-bond donors (Lipinski definition) is 2. The van der Waals surface area contributed by atoms with Gasteiger partial charge >= 0.3 is 0 Å². The van der Waals surface area contributed by atoms with E-state index in [1.54, 1.807) is 6.33 Å². The van der Waals surface area contributed by atoms with Gasteiger partial charge in [0.25, 0.3) is 0 Å². The maximum absolute atomic E-state index is 12.4. The average molecular weight is 383 g/mol. The quantitative estimate of drug-likeness (QED) is 0.679. The van der Waals surface area contributed by atoms with Gasteiger partial charge in [0, 0.05) is 25.6 Å². The number of nitrogens with one attached hydrogen (secondary N) is 1. The van der Waals surface area contributed by atoms with Crippen LogP contribution >= 0.6 is 11.3 Å². The van der Waals surface area contributed by atoms with Crippen molar-refractivity contribution >= 4 is 22.4 Å². The van der Waals surface area contributed by atoms with Crippen LogP contribution in [-0.4, -0.2) is 33.1 Å². The third-order valence-corrected chi connectivity index (χ3v) is 5.37. The summed E-state index contributed by atoms with van der Waals surface area (Å²) in [6, 6.07) is 9.47. The Labute approximate surface area is 161 Å². The van der Waals surface area contributed by atoms with Crippen molar-refractivity contribution < 1.29 is 9.53 Å². The topological polar surface area (TPSA) is 95.1 Å². The summed E-state index contributed by atoms with van der Waals surface area (Å²) in [6.07, 6.45) is 4.86. The van der Waals surface area contributed by atoms with Gasteiger partial charge in [-0.3, -0.25) is 4.79 Å².